The summed E-state index contributed by atoms with van der Waals surface area (Å²) in [6.45, 7) is 4.68. The van der Waals surface area contributed by atoms with Crippen LogP contribution in [0.4, 0.5) is 4.79 Å². The van der Waals surface area contributed by atoms with Gasteiger partial charge in [0.25, 0.3) is 0 Å². The molecule has 1 atom stereocenters. The molecule has 0 aromatic carbocycles. The number of hydrogen-bond donors (Lipinski definition) is 2. The van der Waals surface area contributed by atoms with Crippen LogP contribution in [-0.4, -0.2) is 35.1 Å². The third-order valence-electron chi connectivity index (χ3n) is 4.05. The van der Waals surface area contributed by atoms with E-state index in [1.165, 1.54) is 0 Å². The third kappa shape index (κ3) is 3.12. The molecule has 2 N–H and O–H groups in total. The topological polar surface area (TPSA) is 69.6 Å². The van der Waals surface area contributed by atoms with E-state index in [1.807, 2.05) is 23.8 Å². The molecule has 5 nitrogen and oxygen atoms in total. The molecule has 0 aliphatic carbocycles. The summed E-state index contributed by atoms with van der Waals surface area (Å²) in [4.78, 5) is 25.0. The van der Waals surface area contributed by atoms with Gasteiger partial charge in [0.2, 0.25) is 0 Å². The van der Waals surface area contributed by atoms with E-state index in [4.69, 9.17) is 0 Å². The molecular formula is C14H20N2O3S. The predicted molar refractivity (Wildman–Crippen MR) is 77.8 cm³/mol. The number of urea groups is 1. The highest BCUT2D eigenvalue weighted by atomic mass is 32.1. The quantitative estimate of drug-likeness (QED) is 0.901. The first-order chi connectivity index (χ1) is 9.42. The Hall–Kier alpha value is -1.56. The lowest BCUT2D eigenvalue weighted by Crippen LogP contribution is -2.49. The molecule has 1 unspecified atom stereocenters. The average Bonchev–Trinajstić information content (AvgIpc) is 2.93. The molecule has 6 heteroatoms. The fourth-order valence-corrected chi connectivity index (χ4v) is 3.05. The van der Waals surface area contributed by atoms with Crippen molar-refractivity contribution in [3.05, 3.63) is 22.4 Å². The molecule has 110 valence electrons. The summed E-state index contributed by atoms with van der Waals surface area (Å²) in [6, 6.07) is 1.85. The van der Waals surface area contributed by atoms with Crippen molar-refractivity contribution in [2.24, 2.45) is 5.41 Å². The molecule has 1 aliphatic rings. The van der Waals surface area contributed by atoms with Gasteiger partial charge in [-0.2, -0.15) is 11.3 Å². The minimum absolute atomic E-state index is 0.0264. The first-order valence-corrected chi connectivity index (χ1v) is 7.67. The van der Waals surface area contributed by atoms with Crippen molar-refractivity contribution < 1.29 is 14.7 Å². The van der Waals surface area contributed by atoms with E-state index in [0.717, 1.165) is 5.56 Å². The van der Waals surface area contributed by atoms with Gasteiger partial charge in [-0.15, -0.1) is 0 Å². The summed E-state index contributed by atoms with van der Waals surface area (Å²) < 4.78 is 0. The van der Waals surface area contributed by atoms with E-state index in [0.29, 0.717) is 25.9 Å². The monoisotopic (exact) mass is 296 g/mol. The summed E-state index contributed by atoms with van der Waals surface area (Å²) in [5.74, 6) is -0.774. The molecule has 1 fully saturated rings. The smallest absolute Gasteiger partial charge is 0.317 e. The number of likely N-dealkylation sites (tertiary alicyclic amines) is 1. The maximum absolute atomic E-state index is 12.2. The van der Waals surface area contributed by atoms with Crippen molar-refractivity contribution in [1.82, 2.24) is 10.2 Å². The van der Waals surface area contributed by atoms with Crippen LogP contribution in [0.3, 0.4) is 0 Å². The van der Waals surface area contributed by atoms with Crippen LogP contribution < -0.4 is 5.32 Å². The van der Waals surface area contributed by atoms with Crippen LogP contribution in [0.25, 0.3) is 0 Å². The molecule has 1 aromatic rings. The predicted octanol–water partition coefficient (Wildman–Crippen LogP) is 2.71. The first kappa shape index (κ1) is 14.8. The zero-order valence-electron chi connectivity index (χ0n) is 11.8. The minimum Gasteiger partial charge on any atom is -0.481 e. The molecule has 2 rings (SSSR count). The van der Waals surface area contributed by atoms with E-state index in [-0.39, 0.29) is 12.1 Å². The first-order valence-electron chi connectivity index (χ1n) is 6.73. The Balaban J connectivity index is 1.88. The van der Waals surface area contributed by atoms with Gasteiger partial charge in [-0.25, -0.2) is 4.79 Å². The van der Waals surface area contributed by atoms with Gasteiger partial charge < -0.3 is 15.3 Å². The summed E-state index contributed by atoms with van der Waals surface area (Å²) in [5, 5.41) is 16.1. The summed E-state index contributed by atoms with van der Waals surface area (Å²) in [7, 11) is 0. The largest absolute Gasteiger partial charge is 0.481 e. The molecule has 2 amide bonds. The van der Waals surface area contributed by atoms with Crippen LogP contribution in [0.5, 0.6) is 0 Å². The van der Waals surface area contributed by atoms with Gasteiger partial charge in [0, 0.05) is 13.1 Å². The van der Waals surface area contributed by atoms with Crippen LogP contribution in [-0.2, 0) is 4.79 Å². The highest BCUT2D eigenvalue weighted by Crippen LogP contribution is 2.31. The number of nitrogens with one attached hydrogen (secondary N) is 1. The number of rotatable bonds is 3. The fraction of sp³-hybridized carbons (Fsp3) is 0.571. The zero-order chi connectivity index (χ0) is 14.8. The van der Waals surface area contributed by atoms with Gasteiger partial charge in [-0.05, 0) is 49.1 Å². The van der Waals surface area contributed by atoms with Crippen LogP contribution in [0.1, 0.15) is 38.3 Å². The van der Waals surface area contributed by atoms with Crippen LogP contribution in [0.15, 0.2) is 16.8 Å². The van der Waals surface area contributed by atoms with Gasteiger partial charge in [0.05, 0.1) is 11.5 Å². The number of piperidine rings is 1. The normalized spacial score (nSPS) is 19.4. The van der Waals surface area contributed by atoms with Crippen molar-refractivity contribution in [3.63, 3.8) is 0 Å². The van der Waals surface area contributed by atoms with E-state index >= 15 is 0 Å². The van der Waals surface area contributed by atoms with Crippen molar-refractivity contribution in [1.29, 1.82) is 0 Å². The summed E-state index contributed by atoms with van der Waals surface area (Å²) in [5.41, 5.74) is 0.395. The Morgan fingerprint density at radius 2 is 2.10 bits per heavy atom. The second kappa shape index (κ2) is 5.83. The molecule has 2 heterocycles. The van der Waals surface area contributed by atoms with E-state index in [9.17, 15) is 14.7 Å². The van der Waals surface area contributed by atoms with Crippen LogP contribution in [0.2, 0.25) is 0 Å². The lowest BCUT2D eigenvalue weighted by Gasteiger charge is -2.36. The molecule has 0 saturated carbocycles. The number of nitrogens with zero attached hydrogens (tertiary/aromatic N) is 1. The Kier molecular flexibility index (Phi) is 4.32. The van der Waals surface area contributed by atoms with Gasteiger partial charge in [-0.3, -0.25) is 4.79 Å². The molecule has 0 bridgehead atoms. The summed E-state index contributed by atoms with van der Waals surface area (Å²) in [6.07, 6.45) is 1.01. The number of carboxylic acids is 1. The molecule has 1 saturated heterocycles. The van der Waals surface area contributed by atoms with Crippen molar-refractivity contribution in [2.75, 3.05) is 13.1 Å². The molecule has 1 aliphatic heterocycles. The molecule has 0 spiro atoms. The lowest BCUT2D eigenvalue weighted by molar-refractivity contribution is -0.150. The van der Waals surface area contributed by atoms with Gasteiger partial charge in [0.1, 0.15) is 0 Å². The number of hydrogen-bond acceptors (Lipinski definition) is 3. The van der Waals surface area contributed by atoms with Gasteiger partial charge in [-0.1, -0.05) is 0 Å². The molecule has 20 heavy (non-hydrogen) atoms. The second-order valence-corrected chi connectivity index (χ2v) is 6.36. The maximum atomic E-state index is 12.2. The number of carbonyl (C=O) groups is 2. The number of carbonyl (C=O) groups excluding carboxylic acids is 1. The van der Waals surface area contributed by atoms with Crippen molar-refractivity contribution in [2.45, 2.75) is 32.7 Å². The lowest BCUT2D eigenvalue weighted by atomic mass is 9.80. The number of aliphatic carboxylic acids is 1. The Labute approximate surface area is 122 Å². The zero-order valence-corrected chi connectivity index (χ0v) is 12.6. The van der Waals surface area contributed by atoms with Crippen molar-refractivity contribution >= 4 is 23.3 Å². The number of amides is 2. The summed E-state index contributed by atoms with van der Waals surface area (Å²) >= 11 is 1.60. The third-order valence-corrected chi connectivity index (χ3v) is 4.76. The van der Waals surface area contributed by atoms with Gasteiger partial charge in [0.15, 0.2) is 0 Å². The average molecular weight is 296 g/mol. The van der Waals surface area contributed by atoms with Gasteiger partial charge >= 0.3 is 12.0 Å². The van der Waals surface area contributed by atoms with Crippen molar-refractivity contribution in [3.8, 4) is 0 Å². The Bertz CT molecular complexity index is 479. The standard InChI is InChI=1S/C14H20N2O3S/c1-10(11-3-8-20-9-11)15-13(19)16-6-4-14(2,5-7-16)12(17)18/h3,8-10H,4-7H2,1-2H3,(H,15,19)(H,17,18). The van der Waals surface area contributed by atoms with Crippen LogP contribution in [0, 0.1) is 5.41 Å². The number of carboxylic acid groups (broad SMARTS) is 1. The number of thiophene rings is 1. The molecular weight excluding hydrogens is 276 g/mol. The highest BCUT2D eigenvalue weighted by Gasteiger charge is 2.38. The second-order valence-electron chi connectivity index (χ2n) is 5.58. The van der Waals surface area contributed by atoms with E-state index in [1.54, 1.807) is 23.2 Å². The molecule has 0 radical (unpaired) electrons. The van der Waals surface area contributed by atoms with E-state index in [2.05, 4.69) is 5.32 Å². The van der Waals surface area contributed by atoms with Crippen LogP contribution >= 0.6 is 11.3 Å². The Morgan fingerprint density at radius 1 is 1.45 bits per heavy atom. The SMILES string of the molecule is CC(NC(=O)N1CCC(C)(C(=O)O)CC1)c1ccsc1. The molecule has 1 aromatic heterocycles. The van der Waals surface area contributed by atoms with E-state index < -0.39 is 11.4 Å². The fourth-order valence-electron chi connectivity index (χ4n) is 2.30. The Morgan fingerprint density at radius 3 is 2.60 bits per heavy atom. The minimum atomic E-state index is -0.774. The highest BCUT2D eigenvalue weighted by molar-refractivity contribution is 7.07. The maximum Gasteiger partial charge on any atom is 0.317 e.